The van der Waals surface area contributed by atoms with E-state index in [2.05, 4.69) is 10.3 Å². The summed E-state index contributed by atoms with van der Waals surface area (Å²) in [6.07, 6.45) is -0.968. The first kappa shape index (κ1) is 18.9. The summed E-state index contributed by atoms with van der Waals surface area (Å²) in [5.41, 5.74) is 4.27. The molecule has 0 spiro atoms. The van der Waals surface area contributed by atoms with E-state index in [4.69, 9.17) is 16.3 Å². The van der Waals surface area contributed by atoms with Gasteiger partial charge < -0.3 is 10.1 Å². The predicted molar refractivity (Wildman–Crippen MR) is 98.1 cm³/mol. The zero-order valence-corrected chi connectivity index (χ0v) is 15.7. The van der Waals surface area contributed by atoms with E-state index in [0.29, 0.717) is 16.9 Å². The lowest BCUT2D eigenvalue weighted by Crippen LogP contribution is -2.30. The van der Waals surface area contributed by atoms with E-state index >= 15 is 0 Å². The number of aryl methyl sites for hydroxylation is 4. The van der Waals surface area contributed by atoms with E-state index in [1.807, 2.05) is 32.0 Å². The number of ether oxygens (including phenoxy) is 1. The van der Waals surface area contributed by atoms with E-state index < -0.39 is 18.0 Å². The van der Waals surface area contributed by atoms with E-state index in [0.717, 1.165) is 11.1 Å². The number of aromatic nitrogens is 1. The molecule has 0 unspecified atom stereocenters. The number of halogens is 1. The van der Waals surface area contributed by atoms with Gasteiger partial charge in [-0.2, -0.15) is 0 Å². The molecule has 1 aromatic carbocycles. The molecule has 0 saturated carbocycles. The van der Waals surface area contributed by atoms with Gasteiger partial charge in [-0.05, 0) is 57.9 Å². The fourth-order valence-electron chi connectivity index (χ4n) is 2.50. The van der Waals surface area contributed by atoms with Crippen molar-refractivity contribution in [3.63, 3.8) is 0 Å². The van der Waals surface area contributed by atoms with Gasteiger partial charge >= 0.3 is 5.97 Å². The monoisotopic (exact) mass is 360 g/mol. The molecule has 2 rings (SSSR count). The van der Waals surface area contributed by atoms with Gasteiger partial charge in [0.25, 0.3) is 5.91 Å². The van der Waals surface area contributed by atoms with E-state index in [1.54, 1.807) is 19.9 Å². The summed E-state index contributed by atoms with van der Waals surface area (Å²) in [4.78, 5) is 28.7. The molecule has 0 aliphatic heterocycles. The van der Waals surface area contributed by atoms with Gasteiger partial charge in [0.05, 0.1) is 5.56 Å². The first-order valence-electron chi connectivity index (χ1n) is 7.92. The third-order valence-corrected chi connectivity index (χ3v) is 4.07. The highest BCUT2D eigenvalue weighted by atomic mass is 35.5. The number of hydrogen-bond donors (Lipinski definition) is 1. The Balaban J connectivity index is 2.09. The molecule has 0 bridgehead atoms. The lowest BCUT2D eigenvalue weighted by molar-refractivity contribution is -0.123. The zero-order chi connectivity index (χ0) is 18.7. The van der Waals surface area contributed by atoms with Crippen LogP contribution in [0.15, 0.2) is 24.3 Å². The van der Waals surface area contributed by atoms with Gasteiger partial charge in [0.2, 0.25) is 0 Å². The maximum absolute atomic E-state index is 12.3. The van der Waals surface area contributed by atoms with Gasteiger partial charge in [0.1, 0.15) is 5.15 Å². The van der Waals surface area contributed by atoms with Crippen molar-refractivity contribution in [2.24, 2.45) is 0 Å². The van der Waals surface area contributed by atoms with Crippen molar-refractivity contribution in [2.75, 3.05) is 5.32 Å². The molecule has 1 heterocycles. The molecular formula is C19H21ClN2O3. The van der Waals surface area contributed by atoms with Gasteiger partial charge in [-0.25, -0.2) is 9.78 Å². The zero-order valence-electron chi connectivity index (χ0n) is 14.9. The van der Waals surface area contributed by atoms with Gasteiger partial charge in [-0.1, -0.05) is 29.3 Å². The molecule has 0 aliphatic carbocycles. The second-order valence-electron chi connectivity index (χ2n) is 6.10. The maximum Gasteiger partial charge on any atom is 0.342 e. The molecule has 0 radical (unpaired) electrons. The van der Waals surface area contributed by atoms with Crippen LogP contribution in [0.4, 0.5) is 5.69 Å². The minimum Gasteiger partial charge on any atom is -0.449 e. The minimum atomic E-state index is -0.968. The van der Waals surface area contributed by atoms with Crippen molar-refractivity contribution in [1.82, 2.24) is 4.98 Å². The fourth-order valence-corrected chi connectivity index (χ4v) is 2.86. The Bertz CT molecular complexity index is 810. The van der Waals surface area contributed by atoms with Gasteiger partial charge in [0, 0.05) is 11.4 Å². The molecule has 1 atom stereocenters. The molecule has 0 saturated heterocycles. The highest BCUT2D eigenvalue weighted by molar-refractivity contribution is 6.32. The maximum atomic E-state index is 12.3. The Labute approximate surface area is 152 Å². The van der Waals surface area contributed by atoms with Gasteiger partial charge in [-0.15, -0.1) is 0 Å². The van der Waals surface area contributed by atoms with Crippen LogP contribution in [-0.4, -0.2) is 23.0 Å². The summed E-state index contributed by atoms with van der Waals surface area (Å²) in [6.45, 7) is 8.93. The summed E-state index contributed by atoms with van der Waals surface area (Å²) in [5.74, 6) is -1.08. The largest absolute Gasteiger partial charge is 0.449 e. The molecular weight excluding hydrogens is 340 g/mol. The summed E-state index contributed by atoms with van der Waals surface area (Å²) >= 11 is 6.05. The number of carbonyl (C=O) groups is 2. The number of rotatable bonds is 4. The topological polar surface area (TPSA) is 68.3 Å². The molecule has 1 N–H and O–H groups in total. The Morgan fingerprint density at radius 1 is 1.12 bits per heavy atom. The lowest BCUT2D eigenvalue weighted by atomic mass is 10.1. The van der Waals surface area contributed by atoms with Crippen LogP contribution >= 0.6 is 11.6 Å². The van der Waals surface area contributed by atoms with Crippen molar-refractivity contribution in [2.45, 2.75) is 40.7 Å². The second-order valence-corrected chi connectivity index (χ2v) is 6.46. The minimum absolute atomic E-state index is 0.0736. The third kappa shape index (κ3) is 4.57. The van der Waals surface area contributed by atoms with Crippen molar-refractivity contribution in [1.29, 1.82) is 0 Å². The Morgan fingerprint density at radius 3 is 2.40 bits per heavy atom. The van der Waals surface area contributed by atoms with Crippen LogP contribution in [0.3, 0.4) is 0 Å². The highest BCUT2D eigenvalue weighted by Gasteiger charge is 2.23. The molecule has 0 aliphatic rings. The van der Waals surface area contributed by atoms with Crippen molar-refractivity contribution in [3.05, 3.63) is 57.4 Å². The first-order valence-corrected chi connectivity index (χ1v) is 8.29. The van der Waals surface area contributed by atoms with Crippen LogP contribution in [0.5, 0.6) is 0 Å². The van der Waals surface area contributed by atoms with Crippen molar-refractivity contribution >= 4 is 29.2 Å². The predicted octanol–water partition coefficient (Wildman–Crippen LogP) is 4.15. The summed E-state index contributed by atoms with van der Waals surface area (Å²) in [6, 6.07) is 7.43. The Kier molecular flexibility index (Phi) is 5.80. The van der Waals surface area contributed by atoms with Gasteiger partial charge in [-0.3, -0.25) is 4.79 Å². The molecule has 0 fully saturated rings. The van der Waals surface area contributed by atoms with Crippen molar-refractivity contribution < 1.29 is 14.3 Å². The first-order chi connectivity index (χ1) is 11.7. The number of nitrogens with one attached hydrogen (secondary N) is 1. The Morgan fingerprint density at radius 2 is 1.80 bits per heavy atom. The third-order valence-electron chi connectivity index (χ3n) is 3.80. The van der Waals surface area contributed by atoms with Crippen molar-refractivity contribution in [3.8, 4) is 0 Å². The quantitative estimate of drug-likeness (QED) is 0.656. The molecule has 6 heteroatoms. The van der Waals surface area contributed by atoms with Crippen LogP contribution in [0, 0.1) is 27.7 Å². The molecule has 25 heavy (non-hydrogen) atoms. The standard InChI is InChI=1S/C19H21ClN2O3/c1-10-6-7-15(11(2)8-10)22-18(23)14(5)25-19(24)16-12(3)9-13(4)21-17(16)20/h6-9,14H,1-5H3,(H,22,23)/t14-/m0/s1. The fraction of sp³-hybridized carbons (Fsp3) is 0.316. The number of anilines is 1. The Hall–Kier alpha value is -2.40. The van der Waals surface area contributed by atoms with Crippen LogP contribution in [0.25, 0.3) is 0 Å². The molecule has 5 nitrogen and oxygen atoms in total. The van der Waals surface area contributed by atoms with Crippen LogP contribution < -0.4 is 5.32 Å². The number of hydrogen-bond acceptors (Lipinski definition) is 4. The SMILES string of the molecule is Cc1ccc(NC(=O)[C@H](C)OC(=O)c2c(C)cc(C)nc2Cl)c(C)c1. The smallest absolute Gasteiger partial charge is 0.342 e. The van der Waals surface area contributed by atoms with E-state index in [1.165, 1.54) is 6.92 Å². The average Bonchev–Trinajstić information content (AvgIpc) is 2.48. The second kappa shape index (κ2) is 7.66. The normalized spacial score (nSPS) is 11.8. The highest BCUT2D eigenvalue weighted by Crippen LogP contribution is 2.21. The molecule has 132 valence electrons. The van der Waals surface area contributed by atoms with Crippen LogP contribution in [-0.2, 0) is 9.53 Å². The molecule has 1 amide bonds. The van der Waals surface area contributed by atoms with E-state index in [9.17, 15) is 9.59 Å². The van der Waals surface area contributed by atoms with Gasteiger partial charge in [0.15, 0.2) is 6.10 Å². The number of nitrogens with zero attached hydrogens (tertiary/aromatic N) is 1. The molecule has 1 aromatic heterocycles. The number of pyridine rings is 1. The number of amides is 1. The number of esters is 1. The van der Waals surface area contributed by atoms with Crippen LogP contribution in [0.1, 0.15) is 39.7 Å². The van der Waals surface area contributed by atoms with E-state index in [-0.39, 0.29) is 10.7 Å². The summed E-state index contributed by atoms with van der Waals surface area (Å²) in [5, 5.41) is 2.84. The summed E-state index contributed by atoms with van der Waals surface area (Å²) < 4.78 is 5.26. The molecule has 2 aromatic rings. The lowest BCUT2D eigenvalue weighted by Gasteiger charge is -2.16. The van der Waals surface area contributed by atoms with Crippen LogP contribution in [0.2, 0.25) is 5.15 Å². The average molecular weight is 361 g/mol. The number of benzene rings is 1. The summed E-state index contributed by atoms with van der Waals surface area (Å²) in [7, 11) is 0. The number of carbonyl (C=O) groups excluding carboxylic acids is 2.